The third-order valence-electron chi connectivity index (χ3n) is 4.48. The highest BCUT2D eigenvalue weighted by atomic mass is 15.2. The van der Waals surface area contributed by atoms with Crippen molar-refractivity contribution in [3.63, 3.8) is 0 Å². The van der Waals surface area contributed by atoms with Gasteiger partial charge in [-0.2, -0.15) is 0 Å². The van der Waals surface area contributed by atoms with Gasteiger partial charge in [0.25, 0.3) is 0 Å². The van der Waals surface area contributed by atoms with Gasteiger partial charge in [0.05, 0.1) is 5.69 Å². The lowest BCUT2D eigenvalue weighted by molar-refractivity contribution is 0.136. The first-order valence-corrected chi connectivity index (χ1v) is 8.51. The van der Waals surface area contributed by atoms with Crippen LogP contribution >= 0.6 is 0 Å². The van der Waals surface area contributed by atoms with Gasteiger partial charge >= 0.3 is 0 Å². The van der Waals surface area contributed by atoms with Crippen LogP contribution in [0.3, 0.4) is 0 Å². The maximum atomic E-state index is 4.69. The lowest BCUT2D eigenvalue weighted by Crippen LogP contribution is -2.44. The molecule has 0 saturated carbocycles. The van der Waals surface area contributed by atoms with E-state index in [0.717, 1.165) is 26.2 Å². The standard InChI is InChI=1S/C19H27N3/c1-15(2)13-22(19-7-9-20-10-8-19)14-18-11-16-5-3-4-6-17(16)12-21-18/h3-6,11-12,15,19-20H,7-10,13-14H2,1-2H3. The topological polar surface area (TPSA) is 28.2 Å². The Balaban J connectivity index is 1.77. The second-order valence-corrected chi connectivity index (χ2v) is 6.83. The summed E-state index contributed by atoms with van der Waals surface area (Å²) in [5, 5.41) is 5.99. The van der Waals surface area contributed by atoms with E-state index in [9.17, 15) is 0 Å². The summed E-state index contributed by atoms with van der Waals surface area (Å²) in [5.41, 5.74) is 1.19. The average molecular weight is 297 g/mol. The van der Waals surface area contributed by atoms with Crippen LogP contribution in [0.4, 0.5) is 0 Å². The quantitative estimate of drug-likeness (QED) is 0.916. The predicted octanol–water partition coefficient (Wildman–Crippen LogP) is 3.44. The molecule has 1 saturated heterocycles. The van der Waals surface area contributed by atoms with E-state index in [1.54, 1.807) is 0 Å². The van der Waals surface area contributed by atoms with Crippen molar-refractivity contribution in [1.82, 2.24) is 15.2 Å². The molecule has 118 valence electrons. The summed E-state index contributed by atoms with van der Waals surface area (Å²) in [5.74, 6) is 0.690. The maximum Gasteiger partial charge on any atom is 0.0550 e. The van der Waals surface area contributed by atoms with Crippen molar-refractivity contribution in [3.8, 4) is 0 Å². The Morgan fingerprint density at radius 1 is 1.18 bits per heavy atom. The van der Waals surface area contributed by atoms with Crippen LogP contribution in [-0.4, -0.2) is 35.6 Å². The molecule has 2 aromatic rings. The summed E-state index contributed by atoms with van der Waals surface area (Å²) in [6, 6.07) is 11.4. The molecule has 0 spiro atoms. The summed E-state index contributed by atoms with van der Waals surface area (Å²) in [6.07, 6.45) is 4.52. The third kappa shape index (κ3) is 3.84. The number of fused-ring (bicyclic) bond motifs is 1. The van der Waals surface area contributed by atoms with Gasteiger partial charge in [0.15, 0.2) is 0 Å². The Morgan fingerprint density at radius 2 is 1.91 bits per heavy atom. The Bertz CT molecular complexity index is 602. The number of rotatable bonds is 5. The van der Waals surface area contributed by atoms with Crippen molar-refractivity contribution in [3.05, 3.63) is 42.2 Å². The van der Waals surface area contributed by atoms with Crippen LogP contribution in [0.2, 0.25) is 0 Å². The van der Waals surface area contributed by atoms with Gasteiger partial charge in [-0.3, -0.25) is 9.88 Å². The van der Waals surface area contributed by atoms with Gasteiger partial charge in [-0.1, -0.05) is 38.1 Å². The average Bonchev–Trinajstić information content (AvgIpc) is 2.54. The zero-order chi connectivity index (χ0) is 15.4. The monoisotopic (exact) mass is 297 g/mol. The van der Waals surface area contributed by atoms with Crippen LogP contribution < -0.4 is 5.32 Å². The van der Waals surface area contributed by atoms with E-state index in [1.807, 2.05) is 6.20 Å². The van der Waals surface area contributed by atoms with Gasteiger partial charge in [0.1, 0.15) is 0 Å². The van der Waals surface area contributed by atoms with Gasteiger partial charge in [0.2, 0.25) is 0 Å². The molecular weight excluding hydrogens is 270 g/mol. The molecule has 0 atom stereocenters. The summed E-state index contributed by atoms with van der Waals surface area (Å²) in [7, 11) is 0. The zero-order valence-corrected chi connectivity index (χ0v) is 13.8. The molecule has 1 aromatic heterocycles. The SMILES string of the molecule is CC(C)CN(Cc1cc2ccccc2cn1)C1CCNCC1. The van der Waals surface area contributed by atoms with Gasteiger partial charge in [-0.15, -0.1) is 0 Å². The van der Waals surface area contributed by atoms with Crippen LogP contribution in [0.1, 0.15) is 32.4 Å². The molecule has 1 aromatic carbocycles. The fraction of sp³-hybridized carbons (Fsp3) is 0.526. The lowest BCUT2D eigenvalue weighted by Gasteiger charge is -2.35. The van der Waals surface area contributed by atoms with Crippen LogP contribution in [0.25, 0.3) is 10.8 Å². The number of hydrogen-bond donors (Lipinski definition) is 1. The Labute approximate surface area is 133 Å². The largest absolute Gasteiger partial charge is 0.317 e. The maximum absolute atomic E-state index is 4.69. The molecule has 1 aliphatic rings. The second kappa shape index (κ2) is 7.21. The minimum Gasteiger partial charge on any atom is -0.317 e. The molecular formula is C19H27N3. The molecule has 0 radical (unpaired) electrons. The van der Waals surface area contributed by atoms with E-state index in [4.69, 9.17) is 4.98 Å². The smallest absolute Gasteiger partial charge is 0.0550 e. The van der Waals surface area contributed by atoms with Crippen LogP contribution in [0.5, 0.6) is 0 Å². The molecule has 0 amide bonds. The van der Waals surface area contributed by atoms with Gasteiger partial charge in [-0.25, -0.2) is 0 Å². The number of nitrogens with one attached hydrogen (secondary N) is 1. The van der Waals surface area contributed by atoms with Crippen molar-refractivity contribution in [2.45, 2.75) is 39.3 Å². The van der Waals surface area contributed by atoms with Crippen molar-refractivity contribution in [1.29, 1.82) is 0 Å². The molecule has 3 nitrogen and oxygen atoms in total. The first kappa shape index (κ1) is 15.4. The minimum atomic E-state index is 0.690. The zero-order valence-electron chi connectivity index (χ0n) is 13.8. The van der Waals surface area contributed by atoms with Gasteiger partial charge in [-0.05, 0) is 43.3 Å². The highest BCUT2D eigenvalue weighted by Crippen LogP contribution is 2.19. The molecule has 2 heterocycles. The van der Waals surface area contributed by atoms with Crippen molar-refractivity contribution >= 4 is 10.8 Å². The first-order valence-electron chi connectivity index (χ1n) is 8.51. The van der Waals surface area contributed by atoms with E-state index >= 15 is 0 Å². The molecule has 0 aliphatic carbocycles. The molecule has 1 fully saturated rings. The number of hydrogen-bond acceptors (Lipinski definition) is 3. The van der Waals surface area contributed by atoms with Crippen molar-refractivity contribution in [2.24, 2.45) is 5.92 Å². The number of piperidine rings is 1. The van der Waals surface area contributed by atoms with Gasteiger partial charge in [0, 0.05) is 30.7 Å². The van der Waals surface area contributed by atoms with E-state index < -0.39 is 0 Å². The highest BCUT2D eigenvalue weighted by molar-refractivity contribution is 5.81. The molecule has 3 heteroatoms. The number of aromatic nitrogens is 1. The minimum absolute atomic E-state index is 0.690. The van der Waals surface area contributed by atoms with Crippen LogP contribution in [0, 0.1) is 5.92 Å². The first-order chi connectivity index (χ1) is 10.7. The predicted molar refractivity (Wildman–Crippen MR) is 92.9 cm³/mol. The van der Waals surface area contributed by atoms with Crippen LogP contribution in [-0.2, 0) is 6.54 Å². The van der Waals surface area contributed by atoms with E-state index in [-0.39, 0.29) is 0 Å². The third-order valence-corrected chi connectivity index (χ3v) is 4.48. The summed E-state index contributed by atoms with van der Waals surface area (Å²) in [4.78, 5) is 7.33. The summed E-state index contributed by atoms with van der Waals surface area (Å²) < 4.78 is 0. The Morgan fingerprint density at radius 3 is 2.64 bits per heavy atom. The van der Waals surface area contributed by atoms with Crippen molar-refractivity contribution < 1.29 is 0 Å². The molecule has 22 heavy (non-hydrogen) atoms. The lowest BCUT2D eigenvalue weighted by atomic mass is 10.0. The van der Waals surface area contributed by atoms with Crippen molar-refractivity contribution in [2.75, 3.05) is 19.6 Å². The van der Waals surface area contributed by atoms with Gasteiger partial charge < -0.3 is 5.32 Å². The molecule has 1 aliphatic heterocycles. The molecule has 0 unspecified atom stereocenters. The van der Waals surface area contributed by atoms with Crippen LogP contribution in [0.15, 0.2) is 36.5 Å². The number of pyridine rings is 1. The van der Waals surface area contributed by atoms with E-state index in [0.29, 0.717) is 12.0 Å². The number of benzene rings is 1. The highest BCUT2D eigenvalue weighted by Gasteiger charge is 2.22. The molecule has 0 bridgehead atoms. The van der Waals surface area contributed by atoms with E-state index in [2.05, 4.69) is 54.4 Å². The molecule has 1 N–H and O–H groups in total. The molecule has 3 rings (SSSR count). The fourth-order valence-corrected chi connectivity index (χ4v) is 3.41. The summed E-state index contributed by atoms with van der Waals surface area (Å²) in [6.45, 7) is 9.02. The fourth-order valence-electron chi connectivity index (χ4n) is 3.41. The number of nitrogens with zero attached hydrogens (tertiary/aromatic N) is 2. The second-order valence-electron chi connectivity index (χ2n) is 6.83. The summed E-state index contributed by atoms with van der Waals surface area (Å²) >= 11 is 0. The van der Waals surface area contributed by atoms with E-state index in [1.165, 1.54) is 29.3 Å². The normalized spacial score (nSPS) is 16.7. The Hall–Kier alpha value is -1.45. The Kier molecular flexibility index (Phi) is 5.06.